The number of ether oxygens (including phenoxy) is 2. The molecule has 9 heteroatoms. The average Bonchev–Trinajstić information content (AvgIpc) is 2.87. The second-order valence-corrected chi connectivity index (χ2v) is 8.61. The number of nitrogens with one attached hydrogen (secondary N) is 2. The highest BCUT2D eigenvalue weighted by molar-refractivity contribution is 8.00. The minimum absolute atomic E-state index is 0.101. The van der Waals surface area contributed by atoms with Crippen LogP contribution in [0.4, 0.5) is 11.4 Å². The average molecular weight is 495 g/mol. The number of thioether (sulfide) groups is 1. The van der Waals surface area contributed by atoms with Gasteiger partial charge in [0, 0.05) is 23.1 Å². The van der Waals surface area contributed by atoms with Crippen LogP contribution < -0.4 is 20.1 Å². The molecule has 35 heavy (non-hydrogen) atoms. The molecular formula is C26H26N2O6S. The maximum Gasteiger partial charge on any atom is 0.303 e. The van der Waals surface area contributed by atoms with Crippen LogP contribution in [0.15, 0.2) is 77.7 Å². The van der Waals surface area contributed by atoms with Gasteiger partial charge in [-0.2, -0.15) is 0 Å². The summed E-state index contributed by atoms with van der Waals surface area (Å²) < 4.78 is 10.7. The summed E-state index contributed by atoms with van der Waals surface area (Å²) in [5, 5.41) is 13.8. The Balaban J connectivity index is 1.77. The molecule has 0 spiro atoms. The van der Waals surface area contributed by atoms with Crippen molar-refractivity contribution in [1.29, 1.82) is 0 Å². The summed E-state index contributed by atoms with van der Waals surface area (Å²) in [6.07, 6.45) is -0.332. The van der Waals surface area contributed by atoms with Crippen molar-refractivity contribution >= 4 is 40.9 Å². The molecule has 1 atom stereocenters. The molecule has 1 unspecified atom stereocenters. The third kappa shape index (κ3) is 7.51. The van der Waals surface area contributed by atoms with Gasteiger partial charge in [0.15, 0.2) is 0 Å². The van der Waals surface area contributed by atoms with Crippen molar-refractivity contribution in [2.75, 3.05) is 24.9 Å². The normalized spacial score (nSPS) is 11.3. The predicted molar refractivity (Wildman–Crippen MR) is 135 cm³/mol. The van der Waals surface area contributed by atoms with Crippen LogP contribution in [-0.4, -0.2) is 37.1 Å². The summed E-state index contributed by atoms with van der Waals surface area (Å²) >= 11 is 1.36. The van der Waals surface area contributed by atoms with Crippen LogP contribution in [0.5, 0.6) is 11.5 Å². The predicted octanol–water partition coefficient (Wildman–Crippen LogP) is 4.98. The number of methoxy groups -OCH3 is 2. The lowest BCUT2D eigenvalue weighted by Gasteiger charge is -2.19. The van der Waals surface area contributed by atoms with Crippen molar-refractivity contribution in [3.63, 3.8) is 0 Å². The quantitative estimate of drug-likeness (QED) is 0.322. The molecule has 3 N–H and O–H groups in total. The van der Waals surface area contributed by atoms with Gasteiger partial charge in [0.05, 0.1) is 26.3 Å². The fraction of sp³-hybridized carbons (Fsp3) is 0.192. The van der Waals surface area contributed by atoms with Crippen molar-refractivity contribution < 1.29 is 29.0 Å². The largest absolute Gasteiger partial charge is 0.497 e. The van der Waals surface area contributed by atoms with Gasteiger partial charge in [-0.1, -0.05) is 30.3 Å². The number of aliphatic carboxylic acids is 1. The molecule has 0 heterocycles. The summed E-state index contributed by atoms with van der Waals surface area (Å²) in [6.45, 7) is 0. The van der Waals surface area contributed by atoms with Crippen molar-refractivity contribution in [2.45, 2.75) is 23.0 Å². The lowest BCUT2D eigenvalue weighted by atomic mass is 10.1. The molecule has 8 nitrogen and oxygen atoms in total. The summed E-state index contributed by atoms with van der Waals surface area (Å²) in [5.74, 6) is -0.533. The molecule has 0 fully saturated rings. The maximum atomic E-state index is 13.4. The third-order valence-corrected chi connectivity index (χ3v) is 6.23. The van der Waals surface area contributed by atoms with E-state index in [0.717, 1.165) is 10.5 Å². The molecule has 0 aromatic heterocycles. The molecule has 0 radical (unpaired) electrons. The lowest BCUT2D eigenvalue weighted by Crippen LogP contribution is -2.19. The topological polar surface area (TPSA) is 114 Å². The number of carboxylic acids is 1. The molecule has 0 aliphatic heterocycles. The molecule has 3 aromatic carbocycles. The Bertz CT molecular complexity index is 1170. The third-order valence-electron chi connectivity index (χ3n) is 4.96. The molecule has 0 aliphatic rings. The van der Waals surface area contributed by atoms with Gasteiger partial charge >= 0.3 is 5.97 Å². The maximum absolute atomic E-state index is 13.4. The van der Waals surface area contributed by atoms with E-state index in [1.807, 2.05) is 30.3 Å². The van der Waals surface area contributed by atoms with Crippen LogP contribution in [-0.2, 0) is 14.4 Å². The zero-order valence-electron chi connectivity index (χ0n) is 19.3. The van der Waals surface area contributed by atoms with E-state index in [9.17, 15) is 14.4 Å². The van der Waals surface area contributed by atoms with E-state index in [4.69, 9.17) is 14.6 Å². The van der Waals surface area contributed by atoms with E-state index in [-0.39, 0.29) is 24.7 Å². The Labute approximate surface area is 207 Å². The van der Waals surface area contributed by atoms with Crippen molar-refractivity contribution in [2.24, 2.45) is 0 Å². The number of carboxylic acid groups (broad SMARTS) is 1. The van der Waals surface area contributed by atoms with Gasteiger partial charge in [0.1, 0.15) is 16.7 Å². The Morgan fingerprint density at radius 1 is 0.886 bits per heavy atom. The Morgan fingerprint density at radius 2 is 1.60 bits per heavy atom. The highest BCUT2D eigenvalue weighted by Gasteiger charge is 2.23. The number of hydrogen-bond acceptors (Lipinski definition) is 6. The first kappa shape index (κ1) is 25.6. The molecule has 0 saturated heterocycles. The van der Waals surface area contributed by atoms with E-state index >= 15 is 0 Å². The van der Waals surface area contributed by atoms with Crippen molar-refractivity contribution in [3.05, 3.63) is 78.4 Å². The van der Waals surface area contributed by atoms with Crippen LogP contribution in [0, 0.1) is 0 Å². The molecule has 0 aliphatic carbocycles. The van der Waals surface area contributed by atoms with Crippen molar-refractivity contribution in [3.8, 4) is 11.5 Å². The zero-order valence-corrected chi connectivity index (χ0v) is 20.1. The first-order valence-electron chi connectivity index (χ1n) is 10.8. The smallest absolute Gasteiger partial charge is 0.303 e. The summed E-state index contributed by atoms with van der Waals surface area (Å²) in [7, 11) is 3.08. The number of carbonyl (C=O) groups excluding carboxylic acids is 2. The van der Waals surface area contributed by atoms with E-state index in [2.05, 4.69) is 10.6 Å². The summed E-state index contributed by atoms with van der Waals surface area (Å²) in [6, 6.07) is 21.6. The molecule has 3 rings (SSSR count). The minimum Gasteiger partial charge on any atom is -0.497 e. The standard InChI is InChI=1S/C26H26N2O6S/c1-33-19-10-13-22(34-2)21(16-19)28-26(32)25(17-6-4-3-5-7-17)35-20-11-8-18(9-12-20)27-23(29)14-15-24(30)31/h3-13,16,25H,14-15H2,1-2H3,(H,27,29)(H,28,32)(H,30,31). The number of carbonyl (C=O) groups is 3. The zero-order chi connectivity index (χ0) is 25.2. The van der Waals surface area contributed by atoms with Gasteiger partial charge in [0.25, 0.3) is 0 Å². The van der Waals surface area contributed by atoms with Gasteiger partial charge in [-0.25, -0.2) is 0 Å². The number of hydrogen-bond donors (Lipinski definition) is 3. The van der Waals surface area contributed by atoms with Crippen LogP contribution >= 0.6 is 11.8 Å². The lowest BCUT2D eigenvalue weighted by molar-refractivity contribution is -0.138. The Kier molecular flexibility index (Phi) is 9.14. The number of amides is 2. The first-order valence-corrected chi connectivity index (χ1v) is 11.6. The van der Waals surface area contributed by atoms with Gasteiger partial charge in [-0.15, -0.1) is 11.8 Å². The number of anilines is 2. The fourth-order valence-electron chi connectivity index (χ4n) is 3.21. The summed E-state index contributed by atoms with van der Waals surface area (Å²) in [4.78, 5) is 36.7. The molecule has 0 saturated carbocycles. The minimum atomic E-state index is -1.02. The number of rotatable bonds is 11. The fourth-order valence-corrected chi connectivity index (χ4v) is 4.23. The molecule has 182 valence electrons. The second-order valence-electron chi connectivity index (χ2n) is 7.43. The molecule has 3 aromatic rings. The molecule has 0 bridgehead atoms. The highest BCUT2D eigenvalue weighted by Crippen LogP contribution is 2.38. The Morgan fingerprint density at radius 3 is 2.23 bits per heavy atom. The van der Waals surface area contributed by atoms with Crippen LogP contribution in [0.3, 0.4) is 0 Å². The van der Waals surface area contributed by atoms with Gasteiger partial charge in [-0.3, -0.25) is 14.4 Å². The molecular weight excluding hydrogens is 468 g/mol. The Hall–Kier alpha value is -3.98. The molecule has 2 amide bonds. The van der Waals surface area contributed by atoms with E-state index < -0.39 is 11.2 Å². The summed E-state index contributed by atoms with van der Waals surface area (Å²) in [5.41, 5.74) is 1.87. The first-order chi connectivity index (χ1) is 16.9. The second kappa shape index (κ2) is 12.5. The highest BCUT2D eigenvalue weighted by atomic mass is 32.2. The monoisotopic (exact) mass is 494 g/mol. The van der Waals surface area contributed by atoms with Crippen molar-refractivity contribution in [1.82, 2.24) is 0 Å². The van der Waals surface area contributed by atoms with Gasteiger partial charge in [0.2, 0.25) is 11.8 Å². The van der Waals surface area contributed by atoms with Crippen LogP contribution in [0.25, 0.3) is 0 Å². The van der Waals surface area contributed by atoms with E-state index in [1.54, 1.807) is 49.6 Å². The van der Waals surface area contributed by atoms with E-state index in [0.29, 0.717) is 22.9 Å². The van der Waals surface area contributed by atoms with E-state index in [1.165, 1.54) is 18.9 Å². The van der Waals surface area contributed by atoms with Crippen LogP contribution in [0.1, 0.15) is 23.7 Å². The van der Waals surface area contributed by atoms with Gasteiger partial charge in [-0.05, 0) is 42.0 Å². The number of benzene rings is 3. The van der Waals surface area contributed by atoms with Crippen LogP contribution in [0.2, 0.25) is 0 Å². The SMILES string of the molecule is COc1ccc(OC)c(NC(=O)C(Sc2ccc(NC(=O)CCC(=O)O)cc2)c2ccccc2)c1. The van der Waals surface area contributed by atoms with Gasteiger partial charge < -0.3 is 25.2 Å².